The van der Waals surface area contributed by atoms with Crippen molar-refractivity contribution in [2.24, 2.45) is 0 Å². The molecule has 0 aromatic rings. The number of unbranched alkanes of at least 4 members (excludes halogenated alkanes) is 9. The zero-order valence-corrected chi connectivity index (χ0v) is 15.3. The van der Waals surface area contributed by atoms with E-state index in [-0.39, 0.29) is 6.42 Å². The highest BCUT2D eigenvalue weighted by Crippen LogP contribution is 2.10. The molecule has 134 valence electrons. The Morgan fingerprint density at radius 2 is 1.42 bits per heavy atom. The van der Waals surface area contributed by atoms with E-state index in [0.29, 0.717) is 0 Å². The van der Waals surface area contributed by atoms with Crippen LogP contribution in [0, 0.1) is 0 Å². The van der Waals surface area contributed by atoms with Gasteiger partial charge in [0.25, 0.3) is 0 Å². The van der Waals surface area contributed by atoms with Crippen LogP contribution in [0.4, 0.5) is 0 Å². The van der Waals surface area contributed by atoms with Gasteiger partial charge in [0.2, 0.25) is 0 Å². The van der Waals surface area contributed by atoms with Crippen LogP contribution in [0.5, 0.6) is 0 Å². The first-order chi connectivity index (χ1) is 11.8. The normalized spacial score (nSPS) is 11.4. The number of carbonyl (C=O) groups is 1. The lowest BCUT2D eigenvalue weighted by atomic mass is 10.1. The number of carboxylic acids is 1. The number of rotatable bonds is 15. The quantitative estimate of drug-likeness (QED) is 0.204. The van der Waals surface area contributed by atoms with E-state index in [9.17, 15) is 4.79 Å². The van der Waals surface area contributed by atoms with Gasteiger partial charge in [-0.2, -0.15) is 0 Å². The molecule has 0 atom stereocenters. The molecule has 0 aliphatic heterocycles. The molecular formula is C22H34O2. The van der Waals surface area contributed by atoms with Crippen LogP contribution in [-0.2, 0) is 4.79 Å². The fraction of sp³-hybridized carbons (Fsp3) is 0.545. The lowest BCUT2D eigenvalue weighted by Gasteiger charge is -2.00. The largest absolute Gasteiger partial charge is 0.481 e. The Kier molecular flexibility index (Phi) is 17.8. The van der Waals surface area contributed by atoms with E-state index in [1.165, 1.54) is 63.9 Å². The molecule has 2 nitrogen and oxygen atoms in total. The summed E-state index contributed by atoms with van der Waals surface area (Å²) in [6.45, 7) is 2.26. The van der Waals surface area contributed by atoms with Gasteiger partial charge in [-0.15, -0.1) is 5.73 Å². The van der Waals surface area contributed by atoms with Gasteiger partial charge in [-0.1, -0.05) is 94.7 Å². The van der Waals surface area contributed by atoms with Crippen molar-refractivity contribution in [2.75, 3.05) is 0 Å². The van der Waals surface area contributed by atoms with Crippen molar-refractivity contribution in [3.8, 4) is 0 Å². The first kappa shape index (κ1) is 22.2. The second-order valence-electron chi connectivity index (χ2n) is 5.95. The molecule has 0 heterocycles. The van der Waals surface area contributed by atoms with Crippen LogP contribution >= 0.6 is 0 Å². The predicted octanol–water partition coefficient (Wildman–Crippen LogP) is 6.76. The summed E-state index contributed by atoms with van der Waals surface area (Å²) in [5.41, 5.74) is 2.80. The van der Waals surface area contributed by atoms with Gasteiger partial charge >= 0.3 is 5.97 Å². The minimum absolute atomic E-state index is 0.0156. The Bertz CT molecular complexity index is 435. The first-order valence-corrected chi connectivity index (χ1v) is 9.38. The SMILES string of the molecule is CCCCCCCCCCC/C=C/C=C/C=C/C=C=CCC(=O)O. The van der Waals surface area contributed by atoms with E-state index in [0.717, 1.165) is 6.42 Å². The summed E-state index contributed by atoms with van der Waals surface area (Å²) in [5, 5.41) is 8.44. The number of hydrogen-bond acceptors (Lipinski definition) is 1. The highest BCUT2D eigenvalue weighted by atomic mass is 16.4. The molecule has 0 aliphatic rings. The Labute approximate surface area is 148 Å². The molecule has 0 bridgehead atoms. The summed E-state index contributed by atoms with van der Waals surface area (Å²) in [6, 6.07) is 0. The van der Waals surface area contributed by atoms with Crippen molar-refractivity contribution in [3.05, 3.63) is 54.3 Å². The molecule has 0 saturated heterocycles. The fourth-order valence-corrected chi connectivity index (χ4v) is 2.27. The molecule has 0 rings (SSSR count). The van der Waals surface area contributed by atoms with E-state index < -0.39 is 5.97 Å². The molecule has 24 heavy (non-hydrogen) atoms. The smallest absolute Gasteiger partial charge is 0.307 e. The Morgan fingerprint density at radius 1 is 0.833 bits per heavy atom. The molecule has 0 aromatic carbocycles. The number of aliphatic carboxylic acids is 1. The van der Waals surface area contributed by atoms with Crippen molar-refractivity contribution in [3.63, 3.8) is 0 Å². The van der Waals surface area contributed by atoms with Crippen LogP contribution in [0.3, 0.4) is 0 Å². The second kappa shape index (κ2) is 19.3. The van der Waals surface area contributed by atoms with Crippen LogP contribution in [0.25, 0.3) is 0 Å². The maximum atomic E-state index is 10.3. The number of allylic oxidation sites excluding steroid dienone is 6. The lowest BCUT2D eigenvalue weighted by molar-refractivity contribution is -0.135. The van der Waals surface area contributed by atoms with E-state index >= 15 is 0 Å². The molecule has 0 aliphatic carbocycles. The van der Waals surface area contributed by atoms with Crippen molar-refractivity contribution in [1.82, 2.24) is 0 Å². The Hall–Kier alpha value is -1.79. The van der Waals surface area contributed by atoms with Crippen molar-refractivity contribution >= 4 is 5.97 Å². The van der Waals surface area contributed by atoms with Gasteiger partial charge in [0.05, 0.1) is 6.42 Å². The van der Waals surface area contributed by atoms with E-state index in [1.54, 1.807) is 6.08 Å². The highest BCUT2D eigenvalue weighted by molar-refractivity contribution is 5.68. The van der Waals surface area contributed by atoms with Gasteiger partial charge in [0, 0.05) is 0 Å². The predicted molar refractivity (Wildman–Crippen MR) is 104 cm³/mol. The number of hydrogen-bond donors (Lipinski definition) is 1. The Morgan fingerprint density at radius 3 is 2.08 bits per heavy atom. The third-order valence-electron chi connectivity index (χ3n) is 3.64. The van der Waals surface area contributed by atoms with E-state index in [4.69, 9.17) is 5.11 Å². The fourth-order valence-electron chi connectivity index (χ4n) is 2.27. The zero-order valence-electron chi connectivity index (χ0n) is 15.3. The van der Waals surface area contributed by atoms with Crippen molar-refractivity contribution < 1.29 is 9.90 Å². The maximum Gasteiger partial charge on any atom is 0.307 e. The van der Waals surface area contributed by atoms with Crippen molar-refractivity contribution in [2.45, 2.75) is 77.6 Å². The second-order valence-corrected chi connectivity index (χ2v) is 5.95. The summed E-state index contributed by atoms with van der Waals surface area (Å²) in [7, 11) is 0. The topological polar surface area (TPSA) is 37.3 Å². The lowest BCUT2D eigenvalue weighted by Crippen LogP contribution is -1.88. The molecular weight excluding hydrogens is 296 g/mol. The standard InChI is InChI=1S/C22H34O2/c1-2-3-4-5-6-7-8-9-10-11-12-13-14-15-16-17-18-19-20-21-22(23)24/h12-18,20H,2-11,21H2,1H3,(H,23,24)/b13-12+,15-14+,17-16+. The molecule has 0 radical (unpaired) electrons. The molecule has 1 N–H and O–H groups in total. The monoisotopic (exact) mass is 330 g/mol. The molecule has 0 aromatic heterocycles. The van der Waals surface area contributed by atoms with Crippen LogP contribution in [0.1, 0.15) is 77.6 Å². The summed E-state index contributed by atoms with van der Waals surface area (Å²) in [6.07, 6.45) is 28.7. The molecule has 0 spiro atoms. The van der Waals surface area contributed by atoms with Gasteiger partial charge in [0.15, 0.2) is 0 Å². The molecule has 0 fully saturated rings. The molecule has 2 heteroatoms. The zero-order chi connectivity index (χ0) is 17.7. The molecule has 0 unspecified atom stereocenters. The average Bonchev–Trinajstić information content (AvgIpc) is 2.56. The van der Waals surface area contributed by atoms with E-state index in [1.807, 2.05) is 24.3 Å². The molecule has 0 saturated carbocycles. The first-order valence-electron chi connectivity index (χ1n) is 9.38. The van der Waals surface area contributed by atoms with Gasteiger partial charge in [-0.3, -0.25) is 4.79 Å². The maximum absolute atomic E-state index is 10.3. The van der Waals surface area contributed by atoms with E-state index in [2.05, 4.69) is 24.8 Å². The minimum atomic E-state index is -0.836. The summed E-state index contributed by atoms with van der Waals surface area (Å²) >= 11 is 0. The third kappa shape index (κ3) is 20.2. The third-order valence-corrected chi connectivity index (χ3v) is 3.64. The highest BCUT2D eigenvalue weighted by Gasteiger charge is 1.90. The van der Waals surface area contributed by atoms with Crippen LogP contribution in [-0.4, -0.2) is 11.1 Å². The molecule has 0 amide bonds. The summed E-state index contributed by atoms with van der Waals surface area (Å²) in [4.78, 5) is 10.3. The van der Waals surface area contributed by atoms with Crippen molar-refractivity contribution in [1.29, 1.82) is 0 Å². The van der Waals surface area contributed by atoms with Gasteiger partial charge in [-0.25, -0.2) is 0 Å². The average molecular weight is 331 g/mol. The van der Waals surface area contributed by atoms with Crippen LogP contribution < -0.4 is 0 Å². The van der Waals surface area contributed by atoms with Gasteiger partial charge in [0.1, 0.15) is 0 Å². The Balaban J connectivity index is 3.45. The van der Waals surface area contributed by atoms with Crippen LogP contribution in [0.2, 0.25) is 0 Å². The summed E-state index contributed by atoms with van der Waals surface area (Å²) in [5.74, 6) is -0.836. The van der Waals surface area contributed by atoms with Crippen LogP contribution in [0.15, 0.2) is 54.3 Å². The van der Waals surface area contributed by atoms with Gasteiger partial charge < -0.3 is 5.11 Å². The minimum Gasteiger partial charge on any atom is -0.481 e. The van der Waals surface area contributed by atoms with Gasteiger partial charge in [-0.05, 0) is 25.0 Å². The number of carboxylic acid groups (broad SMARTS) is 1. The summed E-state index contributed by atoms with van der Waals surface area (Å²) < 4.78 is 0.